The molecule has 8 nitrogen and oxygen atoms in total. The summed E-state index contributed by atoms with van der Waals surface area (Å²) < 4.78 is 4.74. The van der Waals surface area contributed by atoms with E-state index in [9.17, 15) is 9.59 Å². The lowest BCUT2D eigenvalue weighted by atomic mass is 9.96. The van der Waals surface area contributed by atoms with Crippen molar-refractivity contribution in [3.63, 3.8) is 0 Å². The lowest BCUT2D eigenvalue weighted by Crippen LogP contribution is -2.59. The highest BCUT2D eigenvalue weighted by Gasteiger charge is 2.47. The Labute approximate surface area is 125 Å². The number of nitrogen functional groups attached to an aromatic ring is 1. The van der Waals surface area contributed by atoms with Crippen LogP contribution < -0.4 is 22.7 Å². The molecule has 1 rings (SSSR count). The van der Waals surface area contributed by atoms with Gasteiger partial charge in [-0.2, -0.15) is 0 Å². The van der Waals surface area contributed by atoms with Gasteiger partial charge in [-0.15, -0.1) is 36.2 Å². The maximum atomic E-state index is 11.7. The van der Waals surface area contributed by atoms with E-state index in [1.54, 1.807) is 6.92 Å². The van der Waals surface area contributed by atoms with E-state index in [0.29, 0.717) is 0 Å². The number of carbonyl (C=O) groups is 2. The molecule has 0 spiro atoms. The van der Waals surface area contributed by atoms with Crippen LogP contribution in [-0.2, 0) is 19.9 Å². The molecule has 0 saturated heterocycles. The summed E-state index contributed by atoms with van der Waals surface area (Å²) >= 11 is 1.05. The van der Waals surface area contributed by atoms with Crippen molar-refractivity contribution in [2.45, 2.75) is 12.5 Å². The predicted octanol–water partition coefficient (Wildman–Crippen LogP) is -0.724. The summed E-state index contributed by atoms with van der Waals surface area (Å²) in [6.45, 7) is 1.67. The molecule has 0 fully saturated rings. The van der Waals surface area contributed by atoms with Crippen LogP contribution in [0.15, 0.2) is 5.38 Å². The monoisotopic (exact) mass is 331 g/mol. The molecule has 0 aromatic carbocycles. The van der Waals surface area contributed by atoms with E-state index in [2.05, 4.69) is 4.98 Å². The second kappa shape index (κ2) is 8.12. The third kappa shape index (κ3) is 3.91. The minimum absolute atomic E-state index is 0. The van der Waals surface area contributed by atoms with Crippen LogP contribution in [0.3, 0.4) is 0 Å². The van der Waals surface area contributed by atoms with E-state index in [4.69, 9.17) is 22.0 Å². The normalized spacial score (nSPS) is 12.4. The number of hydrazine groups is 1. The second-order valence-corrected chi connectivity index (χ2v) is 3.96. The number of amides is 1. The number of anilines is 1. The van der Waals surface area contributed by atoms with E-state index in [0.717, 1.165) is 11.3 Å². The van der Waals surface area contributed by atoms with Crippen LogP contribution in [0.4, 0.5) is 5.13 Å². The molecule has 11 heteroatoms. The van der Waals surface area contributed by atoms with Crippen LogP contribution in [0.25, 0.3) is 0 Å². The molecule has 7 N–H and O–H groups in total. The first-order valence-electron chi connectivity index (χ1n) is 4.65. The van der Waals surface area contributed by atoms with Crippen molar-refractivity contribution in [2.75, 3.05) is 12.3 Å². The van der Waals surface area contributed by atoms with E-state index in [1.807, 2.05) is 5.43 Å². The summed E-state index contributed by atoms with van der Waals surface area (Å²) in [5.74, 6) is 3.14. The minimum Gasteiger partial charge on any atom is -0.464 e. The summed E-state index contributed by atoms with van der Waals surface area (Å²) in [4.78, 5) is 27.2. The molecule has 1 aromatic heterocycles. The molecule has 0 bridgehead atoms. The zero-order chi connectivity index (χ0) is 13.1. The Morgan fingerprint density at radius 1 is 1.53 bits per heavy atom. The Morgan fingerprint density at radius 3 is 2.47 bits per heavy atom. The van der Waals surface area contributed by atoms with Gasteiger partial charge in [0.05, 0.1) is 12.3 Å². The predicted molar refractivity (Wildman–Crippen MR) is 75.9 cm³/mol. The number of nitrogens with zero attached hydrogens (tertiary/aromatic N) is 1. The molecule has 110 valence electrons. The molecular weight excluding hydrogens is 317 g/mol. The highest BCUT2D eigenvalue weighted by Crippen LogP contribution is 2.23. The van der Waals surface area contributed by atoms with Crippen molar-refractivity contribution in [3.05, 3.63) is 11.1 Å². The number of nitrogens with two attached hydrogens (primary N) is 3. The van der Waals surface area contributed by atoms with Gasteiger partial charge >= 0.3 is 5.97 Å². The number of hydrogen-bond donors (Lipinski definition) is 4. The second-order valence-electron chi connectivity index (χ2n) is 3.07. The van der Waals surface area contributed by atoms with Crippen LogP contribution in [0.1, 0.15) is 12.6 Å². The molecule has 1 heterocycles. The van der Waals surface area contributed by atoms with Gasteiger partial charge in [-0.1, -0.05) is 0 Å². The molecule has 1 unspecified atom stereocenters. The lowest BCUT2D eigenvalue weighted by Gasteiger charge is -2.22. The largest absolute Gasteiger partial charge is 0.464 e. The number of carbonyl (C=O) groups excluding carboxylic acids is 2. The fourth-order valence-electron chi connectivity index (χ4n) is 1.14. The first-order valence-corrected chi connectivity index (χ1v) is 5.53. The minimum atomic E-state index is -2.08. The highest BCUT2D eigenvalue weighted by atomic mass is 35.5. The van der Waals surface area contributed by atoms with E-state index >= 15 is 0 Å². The highest BCUT2D eigenvalue weighted by molar-refractivity contribution is 7.13. The average Bonchev–Trinajstić information content (AvgIpc) is 2.74. The van der Waals surface area contributed by atoms with Crippen molar-refractivity contribution in [1.82, 2.24) is 10.4 Å². The number of ether oxygens (including phenoxy) is 1. The molecule has 1 amide bonds. The Morgan fingerprint density at radius 2 is 2.11 bits per heavy atom. The maximum Gasteiger partial charge on any atom is 0.342 e. The van der Waals surface area contributed by atoms with Crippen molar-refractivity contribution in [2.24, 2.45) is 11.6 Å². The molecule has 0 aliphatic rings. The zero-order valence-electron chi connectivity index (χ0n) is 9.91. The lowest BCUT2D eigenvalue weighted by molar-refractivity contribution is -0.154. The van der Waals surface area contributed by atoms with Crippen LogP contribution in [0.2, 0.25) is 0 Å². The van der Waals surface area contributed by atoms with Crippen molar-refractivity contribution >= 4 is 53.2 Å². The zero-order valence-corrected chi connectivity index (χ0v) is 12.4. The number of hydrogen-bond acceptors (Lipinski definition) is 8. The van der Waals surface area contributed by atoms with Crippen molar-refractivity contribution in [3.8, 4) is 0 Å². The Balaban J connectivity index is 0. The standard InChI is InChI=1S/C8H13N5O3S.2ClH/c1-2-16-6(15)8(10,5(14)13-11)4-3-17-7(9)12-4;;/h3H,2,10-11H2,1H3,(H2,9,12)(H,13,14);2*1H. The molecule has 1 atom stereocenters. The summed E-state index contributed by atoms with van der Waals surface area (Å²) in [5, 5.41) is 1.59. The van der Waals surface area contributed by atoms with Gasteiger partial charge in [-0.05, 0) is 6.92 Å². The van der Waals surface area contributed by atoms with Gasteiger partial charge in [-0.25, -0.2) is 15.6 Å². The Bertz CT molecular complexity index is 444. The Hall–Kier alpha value is -1.13. The van der Waals surface area contributed by atoms with Gasteiger partial charge in [-0.3, -0.25) is 10.2 Å². The van der Waals surface area contributed by atoms with E-state index in [1.165, 1.54) is 5.38 Å². The topological polar surface area (TPSA) is 146 Å². The van der Waals surface area contributed by atoms with Crippen LogP contribution >= 0.6 is 36.2 Å². The first kappa shape index (κ1) is 20.2. The fourth-order valence-corrected chi connectivity index (χ4v) is 1.76. The number of nitrogens with one attached hydrogen (secondary N) is 1. The summed E-state index contributed by atoms with van der Waals surface area (Å²) in [5.41, 5.74) is 10.9. The van der Waals surface area contributed by atoms with E-state index in [-0.39, 0.29) is 42.2 Å². The maximum absolute atomic E-state index is 11.7. The number of halogens is 2. The molecule has 19 heavy (non-hydrogen) atoms. The van der Waals surface area contributed by atoms with Gasteiger partial charge in [0.2, 0.25) is 5.54 Å². The number of aromatic nitrogens is 1. The van der Waals surface area contributed by atoms with Gasteiger partial charge in [0, 0.05) is 5.38 Å². The SMILES string of the molecule is CCOC(=O)C(N)(C(=O)NN)c1csc(N)n1.Cl.Cl. The number of rotatable bonds is 4. The number of thiazole rings is 1. The Kier molecular flexibility index (Phi) is 8.63. The molecule has 0 aliphatic heterocycles. The average molecular weight is 332 g/mol. The van der Waals surface area contributed by atoms with Gasteiger partial charge in [0.1, 0.15) is 0 Å². The van der Waals surface area contributed by atoms with Gasteiger partial charge in [0.15, 0.2) is 5.13 Å². The molecule has 1 aromatic rings. The fraction of sp³-hybridized carbons (Fsp3) is 0.375. The molecule has 0 saturated carbocycles. The third-order valence-corrected chi connectivity index (χ3v) is 2.69. The number of esters is 1. The van der Waals surface area contributed by atoms with Gasteiger partial charge < -0.3 is 16.2 Å². The summed E-state index contributed by atoms with van der Waals surface area (Å²) in [6, 6.07) is 0. The van der Waals surface area contributed by atoms with Crippen LogP contribution in [0, 0.1) is 0 Å². The molecule has 0 radical (unpaired) electrons. The third-order valence-electron chi connectivity index (χ3n) is 2.01. The summed E-state index contributed by atoms with van der Waals surface area (Å²) in [6.07, 6.45) is 0. The molecular formula is C8H15Cl2N5O3S. The van der Waals surface area contributed by atoms with Crippen LogP contribution in [0.5, 0.6) is 0 Å². The van der Waals surface area contributed by atoms with Crippen LogP contribution in [-0.4, -0.2) is 23.5 Å². The van der Waals surface area contributed by atoms with Gasteiger partial charge in [0.25, 0.3) is 5.91 Å². The first-order chi connectivity index (χ1) is 7.96. The molecule has 0 aliphatic carbocycles. The smallest absolute Gasteiger partial charge is 0.342 e. The summed E-state index contributed by atoms with van der Waals surface area (Å²) in [7, 11) is 0. The quantitative estimate of drug-likeness (QED) is 0.187. The van der Waals surface area contributed by atoms with Crippen molar-refractivity contribution in [1.29, 1.82) is 0 Å². The van der Waals surface area contributed by atoms with E-state index < -0.39 is 17.4 Å². The van der Waals surface area contributed by atoms with Crippen molar-refractivity contribution < 1.29 is 14.3 Å².